The number of nitrogens with one attached hydrogen (secondary N) is 2. The quantitative estimate of drug-likeness (QED) is 0.854. The Hall–Kier alpha value is -3.02. The van der Waals surface area contributed by atoms with Crippen LogP contribution < -0.4 is 20.1 Å². The van der Waals surface area contributed by atoms with Crippen molar-refractivity contribution in [3.8, 4) is 11.5 Å². The molecule has 0 heterocycles. The maximum Gasteiger partial charge on any atom is 0.265 e. The van der Waals surface area contributed by atoms with Gasteiger partial charge in [-0.25, -0.2) is 0 Å². The van der Waals surface area contributed by atoms with Crippen LogP contribution in [0.1, 0.15) is 13.8 Å². The summed E-state index contributed by atoms with van der Waals surface area (Å²) < 4.78 is 10.8. The third-order valence-electron chi connectivity index (χ3n) is 3.20. The smallest absolute Gasteiger partial charge is 0.265 e. The summed E-state index contributed by atoms with van der Waals surface area (Å²) in [6.07, 6.45) is -0.693. The number of ether oxygens (including phenoxy) is 2. The van der Waals surface area contributed by atoms with Crippen LogP contribution in [0.15, 0.2) is 48.5 Å². The first kappa shape index (κ1) is 17.3. The number of anilines is 2. The highest BCUT2D eigenvalue weighted by molar-refractivity contribution is 5.97. The Morgan fingerprint density at radius 3 is 2.38 bits per heavy atom. The van der Waals surface area contributed by atoms with E-state index in [2.05, 4.69) is 10.6 Å². The average Bonchev–Trinajstić information content (AvgIpc) is 2.55. The van der Waals surface area contributed by atoms with E-state index in [0.29, 0.717) is 22.9 Å². The Morgan fingerprint density at radius 2 is 1.75 bits per heavy atom. The summed E-state index contributed by atoms with van der Waals surface area (Å²) >= 11 is 0. The maximum atomic E-state index is 12.3. The third kappa shape index (κ3) is 4.74. The lowest BCUT2D eigenvalue weighted by Gasteiger charge is -2.17. The molecule has 1 unspecified atom stereocenters. The second-order valence-electron chi connectivity index (χ2n) is 5.16. The van der Waals surface area contributed by atoms with Crippen LogP contribution in [0.5, 0.6) is 11.5 Å². The summed E-state index contributed by atoms with van der Waals surface area (Å²) in [6, 6.07) is 14.1. The second-order valence-corrected chi connectivity index (χ2v) is 5.16. The predicted molar refractivity (Wildman–Crippen MR) is 92.5 cm³/mol. The number of rotatable bonds is 6. The van der Waals surface area contributed by atoms with Gasteiger partial charge in [0.25, 0.3) is 5.91 Å². The minimum Gasteiger partial charge on any atom is -0.495 e. The van der Waals surface area contributed by atoms with Gasteiger partial charge in [0, 0.05) is 12.6 Å². The van der Waals surface area contributed by atoms with Gasteiger partial charge in [-0.05, 0) is 37.3 Å². The fourth-order valence-electron chi connectivity index (χ4n) is 2.08. The van der Waals surface area contributed by atoms with Crippen molar-refractivity contribution in [3.05, 3.63) is 48.5 Å². The summed E-state index contributed by atoms with van der Waals surface area (Å²) in [5, 5.41) is 5.42. The van der Waals surface area contributed by atoms with Gasteiger partial charge in [-0.3, -0.25) is 9.59 Å². The van der Waals surface area contributed by atoms with Crippen LogP contribution in [0.25, 0.3) is 0 Å². The number of para-hydroxylation sites is 1. The molecule has 0 aliphatic carbocycles. The fourth-order valence-corrected chi connectivity index (χ4v) is 2.08. The summed E-state index contributed by atoms with van der Waals surface area (Å²) in [7, 11) is 1.51. The van der Waals surface area contributed by atoms with Crippen LogP contribution in [-0.2, 0) is 9.59 Å². The Kier molecular flexibility index (Phi) is 5.78. The highest BCUT2D eigenvalue weighted by Gasteiger charge is 2.17. The summed E-state index contributed by atoms with van der Waals surface area (Å²) in [5.41, 5.74) is 1.02. The SMILES string of the molecule is COc1ccc(NC(C)=O)cc1NC(=O)C(C)Oc1ccccc1. The molecule has 0 fully saturated rings. The Balaban J connectivity index is 2.10. The summed E-state index contributed by atoms with van der Waals surface area (Å²) in [6.45, 7) is 3.07. The van der Waals surface area contributed by atoms with Gasteiger partial charge in [-0.15, -0.1) is 0 Å². The molecule has 0 saturated heterocycles. The Labute approximate surface area is 140 Å². The lowest BCUT2D eigenvalue weighted by Crippen LogP contribution is -2.30. The summed E-state index contributed by atoms with van der Waals surface area (Å²) in [5.74, 6) is 0.582. The van der Waals surface area contributed by atoms with Crippen molar-refractivity contribution in [1.29, 1.82) is 0 Å². The molecule has 2 aromatic carbocycles. The number of carbonyl (C=O) groups is 2. The number of carbonyl (C=O) groups excluding carboxylic acids is 2. The van der Waals surface area contributed by atoms with Crippen molar-refractivity contribution in [2.24, 2.45) is 0 Å². The van der Waals surface area contributed by atoms with Crippen molar-refractivity contribution in [2.75, 3.05) is 17.7 Å². The predicted octanol–water partition coefficient (Wildman–Crippen LogP) is 3.06. The number of hydrogen-bond donors (Lipinski definition) is 2. The van der Waals surface area contributed by atoms with Crippen LogP contribution >= 0.6 is 0 Å². The molecule has 24 heavy (non-hydrogen) atoms. The molecule has 6 heteroatoms. The number of benzene rings is 2. The minimum absolute atomic E-state index is 0.196. The zero-order valence-electron chi connectivity index (χ0n) is 13.8. The molecule has 0 saturated carbocycles. The minimum atomic E-state index is -0.693. The van der Waals surface area contributed by atoms with E-state index in [1.165, 1.54) is 14.0 Å². The van der Waals surface area contributed by atoms with E-state index < -0.39 is 6.10 Å². The van der Waals surface area contributed by atoms with Gasteiger partial charge < -0.3 is 20.1 Å². The molecule has 0 aliphatic rings. The van der Waals surface area contributed by atoms with E-state index in [9.17, 15) is 9.59 Å². The molecule has 0 spiro atoms. The molecule has 2 amide bonds. The zero-order chi connectivity index (χ0) is 17.5. The monoisotopic (exact) mass is 328 g/mol. The van der Waals surface area contributed by atoms with E-state index in [1.54, 1.807) is 37.3 Å². The van der Waals surface area contributed by atoms with E-state index in [-0.39, 0.29) is 11.8 Å². The molecule has 6 nitrogen and oxygen atoms in total. The van der Waals surface area contributed by atoms with Crippen LogP contribution in [0.3, 0.4) is 0 Å². The van der Waals surface area contributed by atoms with Gasteiger partial charge in [0.15, 0.2) is 6.10 Å². The zero-order valence-corrected chi connectivity index (χ0v) is 13.8. The largest absolute Gasteiger partial charge is 0.495 e. The standard InChI is InChI=1S/C18H20N2O4/c1-12(24-15-7-5-4-6-8-15)18(22)20-16-11-14(19-13(2)21)9-10-17(16)23-3/h4-12H,1-3H3,(H,19,21)(H,20,22). The molecular weight excluding hydrogens is 308 g/mol. The van der Waals surface area contributed by atoms with Gasteiger partial charge in [0.05, 0.1) is 12.8 Å². The molecule has 2 rings (SSSR count). The molecule has 0 aliphatic heterocycles. The van der Waals surface area contributed by atoms with Gasteiger partial charge in [0.1, 0.15) is 11.5 Å². The first-order valence-electron chi connectivity index (χ1n) is 7.48. The molecule has 2 N–H and O–H groups in total. The van der Waals surface area contributed by atoms with Crippen molar-refractivity contribution in [3.63, 3.8) is 0 Å². The van der Waals surface area contributed by atoms with Gasteiger partial charge in [-0.2, -0.15) is 0 Å². The van der Waals surface area contributed by atoms with E-state index in [1.807, 2.05) is 18.2 Å². The third-order valence-corrected chi connectivity index (χ3v) is 3.20. The lowest BCUT2D eigenvalue weighted by atomic mass is 10.2. The first-order valence-corrected chi connectivity index (χ1v) is 7.48. The maximum absolute atomic E-state index is 12.3. The fraction of sp³-hybridized carbons (Fsp3) is 0.222. The topological polar surface area (TPSA) is 76.7 Å². The molecule has 0 radical (unpaired) electrons. The van der Waals surface area contributed by atoms with Gasteiger partial charge in [0.2, 0.25) is 5.91 Å². The molecular formula is C18H20N2O4. The second kappa shape index (κ2) is 8.01. The average molecular weight is 328 g/mol. The van der Waals surface area contributed by atoms with Crippen LogP contribution in [0.4, 0.5) is 11.4 Å². The first-order chi connectivity index (χ1) is 11.5. The van der Waals surface area contributed by atoms with E-state index in [0.717, 1.165) is 0 Å². The number of amides is 2. The molecule has 2 aromatic rings. The number of hydrogen-bond acceptors (Lipinski definition) is 4. The molecule has 0 aromatic heterocycles. The molecule has 126 valence electrons. The van der Waals surface area contributed by atoms with Crippen LogP contribution in [0, 0.1) is 0 Å². The number of methoxy groups -OCH3 is 1. The van der Waals surface area contributed by atoms with Crippen molar-refractivity contribution in [2.45, 2.75) is 20.0 Å². The Bertz CT molecular complexity index is 716. The normalized spacial score (nSPS) is 11.3. The van der Waals surface area contributed by atoms with E-state index >= 15 is 0 Å². The lowest BCUT2D eigenvalue weighted by molar-refractivity contribution is -0.122. The van der Waals surface area contributed by atoms with E-state index in [4.69, 9.17) is 9.47 Å². The molecule has 0 bridgehead atoms. The van der Waals surface area contributed by atoms with Crippen LogP contribution in [-0.4, -0.2) is 25.0 Å². The van der Waals surface area contributed by atoms with Crippen molar-refractivity contribution < 1.29 is 19.1 Å². The van der Waals surface area contributed by atoms with Crippen molar-refractivity contribution in [1.82, 2.24) is 0 Å². The van der Waals surface area contributed by atoms with Gasteiger partial charge in [-0.1, -0.05) is 18.2 Å². The van der Waals surface area contributed by atoms with Crippen LogP contribution in [0.2, 0.25) is 0 Å². The van der Waals surface area contributed by atoms with Gasteiger partial charge >= 0.3 is 0 Å². The summed E-state index contributed by atoms with van der Waals surface area (Å²) in [4.78, 5) is 23.5. The highest BCUT2D eigenvalue weighted by atomic mass is 16.5. The highest BCUT2D eigenvalue weighted by Crippen LogP contribution is 2.28. The Morgan fingerprint density at radius 1 is 1.04 bits per heavy atom. The van der Waals surface area contributed by atoms with Crippen molar-refractivity contribution >= 4 is 23.2 Å². The molecule has 1 atom stereocenters.